The zero-order valence-electron chi connectivity index (χ0n) is 7.88. The van der Waals surface area contributed by atoms with Crippen LogP contribution in [0.5, 0.6) is 5.75 Å². The summed E-state index contributed by atoms with van der Waals surface area (Å²) in [6, 6.07) is 5.00. The van der Waals surface area contributed by atoms with Gasteiger partial charge in [-0.2, -0.15) is 0 Å². The van der Waals surface area contributed by atoms with E-state index in [1.165, 1.54) is 0 Å². The molecule has 0 aliphatic carbocycles. The van der Waals surface area contributed by atoms with Crippen LogP contribution in [-0.2, 0) is 0 Å². The Hall–Kier alpha value is -0.540. The highest BCUT2D eigenvalue weighted by molar-refractivity contribution is 9.10. The summed E-state index contributed by atoms with van der Waals surface area (Å²) >= 11 is 8.64. The van der Waals surface area contributed by atoms with E-state index in [4.69, 9.17) is 16.3 Å². The van der Waals surface area contributed by atoms with Gasteiger partial charge < -0.3 is 4.74 Å². The lowest BCUT2D eigenvalue weighted by Crippen LogP contribution is -2.06. The number of carbonyl (C=O) groups excluding carboxylic acids is 1. The van der Waals surface area contributed by atoms with Crippen molar-refractivity contribution in [2.45, 2.75) is 20.0 Å². The summed E-state index contributed by atoms with van der Waals surface area (Å²) in [6.45, 7) is 3.88. The molecule has 0 fully saturated rings. The molecule has 1 aromatic rings. The normalized spacial score (nSPS) is 10.4. The topological polar surface area (TPSA) is 26.3 Å². The second-order valence-corrected chi connectivity index (χ2v) is 4.28. The fourth-order valence-corrected chi connectivity index (χ4v) is 1.56. The first-order valence-electron chi connectivity index (χ1n) is 4.16. The molecular weight excluding hydrogens is 267 g/mol. The molecule has 0 aliphatic heterocycles. The number of halogens is 2. The second kappa shape index (κ2) is 4.80. The van der Waals surface area contributed by atoms with Crippen molar-refractivity contribution >= 4 is 32.8 Å². The Balaban J connectivity index is 2.95. The minimum absolute atomic E-state index is 0.101. The second-order valence-electron chi connectivity index (χ2n) is 3.09. The fraction of sp³-hybridized carbons (Fsp3) is 0.300. The van der Waals surface area contributed by atoms with Crippen LogP contribution in [0.4, 0.5) is 0 Å². The van der Waals surface area contributed by atoms with Crippen molar-refractivity contribution in [3.63, 3.8) is 0 Å². The molecular formula is C10H10BrClO2. The van der Waals surface area contributed by atoms with Crippen molar-refractivity contribution in [1.82, 2.24) is 0 Å². The van der Waals surface area contributed by atoms with Crippen molar-refractivity contribution in [3.8, 4) is 5.75 Å². The predicted octanol–water partition coefficient (Wildman–Crippen LogP) is 3.62. The number of hydrogen-bond acceptors (Lipinski definition) is 2. The van der Waals surface area contributed by atoms with Crippen LogP contribution in [0.1, 0.15) is 24.2 Å². The summed E-state index contributed by atoms with van der Waals surface area (Å²) in [4.78, 5) is 10.8. The average Bonchev–Trinajstić information content (AvgIpc) is 2.07. The molecule has 14 heavy (non-hydrogen) atoms. The first-order chi connectivity index (χ1) is 6.50. The molecule has 76 valence electrons. The summed E-state index contributed by atoms with van der Waals surface area (Å²) in [7, 11) is 0. The summed E-state index contributed by atoms with van der Waals surface area (Å²) in [5.74, 6) is 0.710. The molecule has 0 aliphatic rings. The van der Waals surface area contributed by atoms with Crippen molar-refractivity contribution in [2.24, 2.45) is 0 Å². The molecule has 0 N–H and O–H groups in total. The lowest BCUT2D eigenvalue weighted by Gasteiger charge is -2.11. The Morgan fingerprint density at radius 1 is 1.50 bits per heavy atom. The van der Waals surface area contributed by atoms with Gasteiger partial charge in [0.2, 0.25) is 0 Å². The largest absolute Gasteiger partial charge is 0.490 e. The van der Waals surface area contributed by atoms with E-state index in [0.717, 1.165) is 4.47 Å². The van der Waals surface area contributed by atoms with Crippen molar-refractivity contribution < 1.29 is 9.53 Å². The van der Waals surface area contributed by atoms with Gasteiger partial charge in [0.15, 0.2) is 0 Å². The average molecular weight is 278 g/mol. The summed E-state index contributed by atoms with van der Waals surface area (Å²) in [5.41, 5.74) is 0.453. The quantitative estimate of drug-likeness (QED) is 0.789. The van der Waals surface area contributed by atoms with Gasteiger partial charge in [0, 0.05) is 5.56 Å². The van der Waals surface area contributed by atoms with E-state index in [1.54, 1.807) is 18.2 Å². The molecule has 0 bridgehead atoms. The Kier molecular flexibility index (Phi) is 3.96. The van der Waals surface area contributed by atoms with Crippen LogP contribution in [0, 0.1) is 0 Å². The van der Waals surface area contributed by atoms with Crippen LogP contribution in [0.2, 0.25) is 0 Å². The van der Waals surface area contributed by atoms with Gasteiger partial charge in [0.25, 0.3) is 5.24 Å². The van der Waals surface area contributed by atoms with E-state index in [1.807, 2.05) is 13.8 Å². The molecule has 4 heteroatoms. The van der Waals surface area contributed by atoms with Crippen LogP contribution < -0.4 is 4.74 Å². The van der Waals surface area contributed by atoms with Crippen LogP contribution in [-0.4, -0.2) is 11.3 Å². The molecule has 0 saturated heterocycles. The maximum atomic E-state index is 10.8. The minimum Gasteiger partial charge on any atom is -0.490 e. The van der Waals surface area contributed by atoms with Gasteiger partial charge in [0.05, 0.1) is 10.6 Å². The molecule has 0 amide bonds. The highest BCUT2D eigenvalue weighted by Gasteiger charge is 2.07. The number of carbonyl (C=O) groups is 1. The third-order valence-corrected chi connectivity index (χ3v) is 2.36. The van der Waals surface area contributed by atoms with E-state index in [2.05, 4.69) is 15.9 Å². The zero-order valence-corrected chi connectivity index (χ0v) is 10.2. The smallest absolute Gasteiger partial charge is 0.252 e. The first-order valence-corrected chi connectivity index (χ1v) is 5.34. The molecule has 0 aromatic heterocycles. The van der Waals surface area contributed by atoms with Crippen LogP contribution in [0.25, 0.3) is 0 Å². The first kappa shape index (κ1) is 11.5. The van der Waals surface area contributed by atoms with Gasteiger partial charge in [-0.1, -0.05) is 0 Å². The summed E-state index contributed by atoms with van der Waals surface area (Å²) < 4.78 is 6.21. The standard InChI is InChI=1S/C10H10BrClO2/c1-6(2)14-9-4-3-7(10(12)13)5-8(9)11/h3-6H,1-2H3. The van der Waals surface area contributed by atoms with Gasteiger partial charge in [-0.05, 0) is 59.6 Å². The summed E-state index contributed by atoms with van der Waals surface area (Å²) in [6.07, 6.45) is 0.101. The lowest BCUT2D eigenvalue weighted by atomic mass is 10.2. The van der Waals surface area contributed by atoms with E-state index >= 15 is 0 Å². The molecule has 0 unspecified atom stereocenters. The predicted molar refractivity (Wildman–Crippen MR) is 60.1 cm³/mol. The SMILES string of the molecule is CC(C)Oc1ccc(C(=O)Cl)cc1Br. The Labute approximate surface area is 96.3 Å². The van der Waals surface area contributed by atoms with Crippen LogP contribution in [0.15, 0.2) is 22.7 Å². The number of ether oxygens (including phenoxy) is 1. The van der Waals surface area contributed by atoms with Crippen LogP contribution >= 0.6 is 27.5 Å². The van der Waals surface area contributed by atoms with Crippen molar-refractivity contribution in [2.75, 3.05) is 0 Å². The lowest BCUT2D eigenvalue weighted by molar-refractivity contribution is 0.108. The third-order valence-electron chi connectivity index (χ3n) is 1.52. The van der Waals surface area contributed by atoms with Gasteiger partial charge in [-0.25, -0.2) is 0 Å². The van der Waals surface area contributed by atoms with Gasteiger partial charge in [0.1, 0.15) is 5.75 Å². The molecule has 2 nitrogen and oxygen atoms in total. The van der Waals surface area contributed by atoms with Gasteiger partial charge in [-0.3, -0.25) is 4.79 Å². The van der Waals surface area contributed by atoms with Crippen molar-refractivity contribution in [1.29, 1.82) is 0 Å². The monoisotopic (exact) mass is 276 g/mol. The van der Waals surface area contributed by atoms with E-state index < -0.39 is 5.24 Å². The molecule has 1 rings (SSSR count). The molecule has 0 spiro atoms. The molecule has 0 radical (unpaired) electrons. The van der Waals surface area contributed by atoms with E-state index in [9.17, 15) is 4.79 Å². The molecule has 0 saturated carbocycles. The molecule has 0 atom stereocenters. The fourth-order valence-electron chi connectivity index (χ4n) is 0.973. The minimum atomic E-state index is -0.471. The van der Waals surface area contributed by atoms with Gasteiger partial charge in [-0.15, -0.1) is 0 Å². The number of hydrogen-bond donors (Lipinski definition) is 0. The summed E-state index contributed by atoms with van der Waals surface area (Å²) in [5, 5.41) is -0.471. The highest BCUT2D eigenvalue weighted by Crippen LogP contribution is 2.27. The maximum absolute atomic E-state index is 10.8. The number of benzene rings is 1. The third kappa shape index (κ3) is 3.00. The molecule has 0 heterocycles. The Morgan fingerprint density at radius 2 is 2.14 bits per heavy atom. The van der Waals surface area contributed by atoms with Gasteiger partial charge >= 0.3 is 0 Å². The van der Waals surface area contributed by atoms with Crippen LogP contribution in [0.3, 0.4) is 0 Å². The Bertz CT molecular complexity index is 350. The van der Waals surface area contributed by atoms with E-state index in [-0.39, 0.29) is 6.10 Å². The Morgan fingerprint density at radius 3 is 2.57 bits per heavy atom. The number of rotatable bonds is 3. The highest BCUT2D eigenvalue weighted by atomic mass is 79.9. The molecule has 1 aromatic carbocycles. The van der Waals surface area contributed by atoms with E-state index in [0.29, 0.717) is 11.3 Å². The van der Waals surface area contributed by atoms with Crippen molar-refractivity contribution in [3.05, 3.63) is 28.2 Å². The zero-order chi connectivity index (χ0) is 10.7. The maximum Gasteiger partial charge on any atom is 0.252 e.